The molecule has 0 radical (unpaired) electrons. The summed E-state index contributed by atoms with van der Waals surface area (Å²) in [5, 5.41) is 8.70. The molecule has 0 saturated heterocycles. The second-order valence-corrected chi connectivity index (χ2v) is 7.27. The van der Waals surface area contributed by atoms with Crippen molar-refractivity contribution in [3.8, 4) is 11.3 Å². The second-order valence-electron chi connectivity index (χ2n) is 5.97. The van der Waals surface area contributed by atoms with Crippen molar-refractivity contribution < 1.29 is 9.59 Å². The van der Waals surface area contributed by atoms with Gasteiger partial charge in [-0.2, -0.15) is 0 Å². The summed E-state index contributed by atoms with van der Waals surface area (Å²) in [5.41, 5.74) is 3.50. The zero-order chi connectivity index (χ0) is 19.2. The number of halogens is 1. The highest BCUT2D eigenvalue weighted by atomic mass is 35.5. The van der Waals surface area contributed by atoms with Crippen LogP contribution in [-0.2, 0) is 16.0 Å². The van der Waals surface area contributed by atoms with Gasteiger partial charge >= 0.3 is 0 Å². The summed E-state index contributed by atoms with van der Waals surface area (Å²) < 4.78 is 0. The molecule has 7 heteroatoms. The average molecular weight is 400 g/mol. The van der Waals surface area contributed by atoms with E-state index < -0.39 is 0 Å². The molecule has 3 aromatic rings. The van der Waals surface area contributed by atoms with Crippen LogP contribution >= 0.6 is 22.9 Å². The van der Waals surface area contributed by atoms with Gasteiger partial charge in [0.25, 0.3) is 0 Å². The Hall–Kier alpha value is -2.70. The van der Waals surface area contributed by atoms with Gasteiger partial charge in [-0.25, -0.2) is 4.98 Å². The van der Waals surface area contributed by atoms with Crippen molar-refractivity contribution in [2.75, 3.05) is 10.6 Å². The summed E-state index contributed by atoms with van der Waals surface area (Å²) in [6, 6.07) is 14.9. The fourth-order valence-electron chi connectivity index (χ4n) is 2.48. The minimum Gasteiger partial charge on any atom is -0.326 e. The van der Waals surface area contributed by atoms with Crippen molar-refractivity contribution in [2.24, 2.45) is 0 Å². The van der Waals surface area contributed by atoms with Gasteiger partial charge in [-0.1, -0.05) is 35.9 Å². The molecule has 2 N–H and O–H groups in total. The van der Waals surface area contributed by atoms with Crippen LogP contribution in [0, 0.1) is 0 Å². The number of anilines is 2. The van der Waals surface area contributed by atoms with Gasteiger partial charge in [0.05, 0.1) is 5.69 Å². The quantitative estimate of drug-likeness (QED) is 0.613. The minimum absolute atomic E-state index is 0.0770. The molecule has 0 aliphatic carbocycles. The zero-order valence-electron chi connectivity index (χ0n) is 14.7. The molecule has 0 atom stereocenters. The number of nitrogens with zero attached hydrogens (tertiary/aromatic N) is 1. The van der Waals surface area contributed by atoms with Crippen LogP contribution in [0.4, 0.5) is 10.8 Å². The molecule has 5 nitrogen and oxygen atoms in total. The maximum absolute atomic E-state index is 12.1. The molecule has 1 heterocycles. The first kappa shape index (κ1) is 19.1. The van der Waals surface area contributed by atoms with E-state index in [0.717, 1.165) is 22.5 Å². The van der Waals surface area contributed by atoms with E-state index in [1.54, 1.807) is 0 Å². The number of hydrogen-bond donors (Lipinski definition) is 2. The van der Waals surface area contributed by atoms with E-state index in [2.05, 4.69) is 15.6 Å². The summed E-state index contributed by atoms with van der Waals surface area (Å²) in [4.78, 5) is 27.7. The van der Waals surface area contributed by atoms with Gasteiger partial charge in [0.15, 0.2) is 5.13 Å². The monoisotopic (exact) mass is 399 g/mol. The standard InChI is InChI=1S/C20H18ClN3O2S/c1-13(25)22-17-9-5-15(6-10-17)18-12-27-20(23-18)24-19(26)11-4-14-2-7-16(21)8-3-14/h2-3,5-10,12H,4,11H2,1H3,(H,22,25)(H,23,24,26). The van der Waals surface area contributed by atoms with Crippen LogP contribution in [0.25, 0.3) is 11.3 Å². The lowest BCUT2D eigenvalue weighted by molar-refractivity contribution is -0.116. The highest BCUT2D eigenvalue weighted by molar-refractivity contribution is 7.14. The van der Waals surface area contributed by atoms with E-state index in [4.69, 9.17) is 11.6 Å². The smallest absolute Gasteiger partial charge is 0.226 e. The normalized spacial score (nSPS) is 10.4. The fourth-order valence-corrected chi connectivity index (χ4v) is 3.34. The highest BCUT2D eigenvalue weighted by Gasteiger charge is 2.09. The van der Waals surface area contributed by atoms with Gasteiger partial charge in [-0.3, -0.25) is 9.59 Å². The van der Waals surface area contributed by atoms with E-state index in [9.17, 15) is 9.59 Å². The van der Waals surface area contributed by atoms with Crippen LogP contribution in [0.1, 0.15) is 18.9 Å². The third-order valence-electron chi connectivity index (χ3n) is 3.81. The number of aryl methyl sites for hydroxylation is 1. The Morgan fingerprint density at radius 1 is 1.04 bits per heavy atom. The number of thiazole rings is 1. The Morgan fingerprint density at radius 2 is 1.74 bits per heavy atom. The summed E-state index contributed by atoms with van der Waals surface area (Å²) in [6.07, 6.45) is 1.02. The first-order chi connectivity index (χ1) is 13.0. The first-order valence-corrected chi connectivity index (χ1v) is 9.63. The molecule has 0 saturated carbocycles. The van der Waals surface area contributed by atoms with Crippen LogP contribution in [0.3, 0.4) is 0 Å². The van der Waals surface area contributed by atoms with Crippen LogP contribution < -0.4 is 10.6 Å². The van der Waals surface area contributed by atoms with E-state index in [-0.39, 0.29) is 11.8 Å². The molecule has 0 bridgehead atoms. The molecule has 2 amide bonds. The Kier molecular flexibility index (Phi) is 6.21. The molecule has 0 unspecified atom stereocenters. The van der Waals surface area contributed by atoms with Gasteiger partial charge in [0.1, 0.15) is 0 Å². The maximum atomic E-state index is 12.1. The third-order valence-corrected chi connectivity index (χ3v) is 4.82. The summed E-state index contributed by atoms with van der Waals surface area (Å²) in [6.45, 7) is 1.47. The van der Waals surface area contributed by atoms with Crippen LogP contribution in [0.5, 0.6) is 0 Å². The first-order valence-electron chi connectivity index (χ1n) is 8.37. The van der Waals surface area contributed by atoms with Crippen molar-refractivity contribution in [3.05, 3.63) is 64.5 Å². The molecular weight excluding hydrogens is 382 g/mol. The van der Waals surface area contributed by atoms with Gasteiger partial charge in [-0.15, -0.1) is 11.3 Å². The zero-order valence-corrected chi connectivity index (χ0v) is 16.2. The topological polar surface area (TPSA) is 71.1 Å². The van der Waals surface area contributed by atoms with E-state index in [1.807, 2.05) is 53.9 Å². The van der Waals surface area contributed by atoms with Crippen LogP contribution in [0.2, 0.25) is 5.02 Å². The van der Waals surface area contributed by atoms with Crippen molar-refractivity contribution in [1.82, 2.24) is 4.98 Å². The Bertz CT molecular complexity index is 937. The maximum Gasteiger partial charge on any atom is 0.226 e. The molecule has 27 heavy (non-hydrogen) atoms. The van der Waals surface area contributed by atoms with Gasteiger partial charge in [-0.05, 0) is 36.2 Å². The molecule has 0 fully saturated rings. The summed E-state index contributed by atoms with van der Waals surface area (Å²) in [7, 11) is 0. The fraction of sp³-hybridized carbons (Fsp3) is 0.150. The predicted molar refractivity (Wildman–Crippen MR) is 110 cm³/mol. The molecule has 1 aromatic heterocycles. The summed E-state index contributed by atoms with van der Waals surface area (Å²) in [5.74, 6) is -0.188. The SMILES string of the molecule is CC(=O)Nc1ccc(-c2csc(NC(=O)CCc3ccc(Cl)cc3)n2)cc1. The number of carbonyl (C=O) groups is 2. The second kappa shape index (κ2) is 8.79. The summed E-state index contributed by atoms with van der Waals surface area (Å²) >= 11 is 7.24. The Balaban J connectivity index is 1.56. The predicted octanol–water partition coefficient (Wildman–Crippen LogP) is 4.99. The average Bonchev–Trinajstić information content (AvgIpc) is 3.10. The molecular formula is C20H18ClN3O2S. The van der Waals surface area contributed by atoms with E-state index >= 15 is 0 Å². The van der Waals surface area contributed by atoms with Crippen molar-refractivity contribution >= 4 is 45.6 Å². The molecule has 3 rings (SSSR count). The number of carbonyl (C=O) groups excluding carboxylic acids is 2. The van der Waals surface area contributed by atoms with Gasteiger partial charge in [0.2, 0.25) is 11.8 Å². The van der Waals surface area contributed by atoms with E-state index in [0.29, 0.717) is 23.0 Å². The lowest BCUT2D eigenvalue weighted by Crippen LogP contribution is -2.12. The molecule has 2 aromatic carbocycles. The number of amides is 2. The Labute approximate surface area is 166 Å². The largest absolute Gasteiger partial charge is 0.326 e. The van der Waals surface area contributed by atoms with Crippen molar-refractivity contribution in [3.63, 3.8) is 0 Å². The number of hydrogen-bond acceptors (Lipinski definition) is 4. The van der Waals surface area contributed by atoms with Crippen LogP contribution in [0.15, 0.2) is 53.9 Å². The molecule has 0 aliphatic heterocycles. The lowest BCUT2D eigenvalue weighted by atomic mass is 10.1. The Morgan fingerprint density at radius 3 is 2.41 bits per heavy atom. The third kappa shape index (κ3) is 5.64. The van der Waals surface area contributed by atoms with E-state index in [1.165, 1.54) is 18.3 Å². The highest BCUT2D eigenvalue weighted by Crippen LogP contribution is 2.26. The molecule has 0 aliphatic rings. The van der Waals surface area contributed by atoms with Gasteiger partial charge < -0.3 is 10.6 Å². The van der Waals surface area contributed by atoms with Crippen molar-refractivity contribution in [1.29, 1.82) is 0 Å². The number of aromatic nitrogens is 1. The molecule has 138 valence electrons. The van der Waals surface area contributed by atoms with Crippen molar-refractivity contribution in [2.45, 2.75) is 19.8 Å². The number of benzene rings is 2. The minimum atomic E-state index is -0.111. The van der Waals surface area contributed by atoms with Crippen LogP contribution in [-0.4, -0.2) is 16.8 Å². The number of nitrogens with one attached hydrogen (secondary N) is 2. The number of rotatable bonds is 6. The molecule has 0 spiro atoms. The lowest BCUT2D eigenvalue weighted by Gasteiger charge is -2.03. The van der Waals surface area contributed by atoms with Gasteiger partial charge in [0, 0.05) is 35.0 Å².